The molecule has 0 unspecified atom stereocenters. The summed E-state index contributed by atoms with van der Waals surface area (Å²) in [5, 5.41) is 16.2. The maximum absolute atomic E-state index is 12.1. The number of ether oxygens (including phenoxy) is 1. The van der Waals surface area contributed by atoms with Gasteiger partial charge in [-0.2, -0.15) is 0 Å². The standard InChI is InChI=1S/C22H25N3O6/c1-14-7-8-15(2)18(11-14)24-20(26)5-4-6-22(28)31-13-21(27)23-17-10-9-16(3)19(12-17)25(29)30/h7-12H,4-6,13H2,1-3H3,(H,23,27)(H,24,26). The largest absolute Gasteiger partial charge is 0.456 e. The molecular formula is C22H25N3O6. The highest BCUT2D eigenvalue weighted by Gasteiger charge is 2.14. The highest BCUT2D eigenvalue weighted by Crippen LogP contribution is 2.22. The number of hydrogen-bond donors (Lipinski definition) is 2. The third-order valence-corrected chi connectivity index (χ3v) is 4.51. The van der Waals surface area contributed by atoms with Crippen LogP contribution >= 0.6 is 0 Å². The molecule has 0 aliphatic rings. The van der Waals surface area contributed by atoms with E-state index in [2.05, 4.69) is 10.6 Å². The Labute approximate surface area is 179 Å². The van der Waals surface area contributed by atoms with E-state index in [4.69, 9.17) is 4.74 Å². The quantitative estimate of drug-likeness (QED) is 0.356. The number of carbonyl (C=O) groups is 3. The maximum Gasteiger partial charge on any atom is 0.306 e. The number of nitrogens with one attached hydrogen (secondary N) is 2. The number of benzene rings is 2. The van der Waals surface area contributed by atoms with E-state index in [0.717, 1.165) is 16.8 Å². The predicted octanol–water partition coefficient (Wildman–Crippen LogP) is 3.81. The summed E-state index contributed by atoms with van der Waals surface area (Å²) >= 11 is 0. The molecule has 0 fully saturated rings. The van der Waals surface area contributed by atoms with Crippen LogP contribution in [0.25, 0.3) is 0 Å². The third-order valence-electron chi connectivity index (χ3n) is 4.51. The molecule has 0 aliphatic carbocycles. The van der Waals surface area contributed by atoms with Crippen molar-refractivity contribution < 1.29 is 24.0 Å². The average Bonchev–Trinajstić information content (AvgIpc) is 2.70. The fourth-order valence-corrected chi connectivity index (χ4v) is 2.78. The normalized spacial score (nSPS) is 10.3. The summed E-state index contributed by atoms with van der Waals surface area (Å²) in [5.74, 6) is -1.43. The number of amides is 2. The fourth-order valence-electron chi connectivity index (χ4n) is 2.78. The Hall–Kier alpha value is -3.75. The van der Waals surface area contributed by atoms with Gasteiger partial charge in [0.1, 0.15) is 0 Å². The van der Waals surface area contributed by atoms with Crippen LogP contribution in [-0.2, 0) is 19.1 Å². The topological polar surface area (TPSA) is 128 Å². The number of nitro benzene ring substituents is 1. The Morgan fingerprint density at radius 3 is 2.35 bits per heavy atom. The molecule has 0 bridgehead atoms. The Balaban J connectivity index is 1.71. The van der Waals surface area contributed by atoms with Gasteiger partial charge in [-0.1, -0.05) is 18.2 Å². The first kappa shape index (κ1) is 23.5. The lowest BCUT2D eigenvalue weighted by atomic mass is 10.1. The molecule has 0 heterocycles. The van der Waals surface area contributed by atoms with Gasteiger partial charge in [0.25, 0.3) is 11.6 Å². The molecule has 0 atom stereocenters. The zero-order chi connectivity index (χ0) is 23.0. The van der Waals surface area contributed by atoms with Crippen LogP contribution in [0, 0.1) is 30.9 Å². The Bertz CT molecular complexity index is 1000. The highest BCUT2D eigenvalue weighted by molar-refractivity contribution is 5.93. The minimum atomic E-state index is -0.612. The highest BCUT2D eigenvalue weighted by atomic mass is 16.6. The average molecular weight is 427 g/mol. The molecule has 2 aromatic rings. The predicted molar refractivity (Wildman–Crippen MR) is 116 cm³/mol. The van der Waals surface area contributed by atoms with E-state index in [1.807, 2.05) is 32.0 Å². The molecule has 2 amide bonds. The second-order valence-corrected chi connectivity index (χ2v) is 7.19. The van der Waals surface area contributed by atoms with Crippen molar-refractivity contribution in [2.24, 2.45) is 0 Å². The third kappa shape index (κ3) is 7.54. The lowest BCUT2D eigenvalue weighted by Gasteiger charge is -2.09. The van der Waals surface area contributed by atoms with Gasteiger partial charge in [0.2, 0.25) is 5.91 Å². The monoisotopic (exact) mass is 427 g/mol. The molecule has 9 heteroatoms. The van der Waals surface area contributed by atoms with Crippen molar-refractivity contribution in [2.45, 2.75) is 40.0 Å². The summed E-state index contributed by atoms with van der Waals surface area (Å²) in [7, 11) is 0. The van der Waals surface area contributed by atoms with Crippen molar-refractivity contribution in [1.29, 1.82) is 0 Å². The molecule has 0 aliphatic heterocycles. The Morgan fingerprint density at radius 2 is 1.65 bits per heavy atom. The van der Waals surface area contributed by atoms with E-state index in [1.54, 1.807) is 6.92 Å². The molecule has 9 nitrogen and oxygen atoms in total. The van der Waals surface area contributed by atoms with Gasteiger partial charge in [-0.05, 0) is 50.5 Å². The van der Waals surface area contributed by atoms with Crippen LogP contribution in [0.15, 0.2) is 36.4 Å². The van der Waals surface area contributed by atoms with Crippen molar-refractivity contribution in [2.75, 3.05) is 17.2 Å². The lowest BCUT2D eigenvalue weighted by Crippen LogP contribution is -2.21. The number of anilines is 2. The van der Waals surface area contributed by atoms with Crippen molar-refractivity contribution in [1.82, 2.24) is 0 Å². The zero-order valence-electron chi connectivity index (χ0n) is 17.7. The number of hydrogen-bond acceptors (Lipinski definition) is 6. The number of nitro groups is 1. The lowest BCUT2D eigenvalue weighted by molar-refractivity contribution is -0.385. The second kappa shape index (κ2) is 10.9. The molecular weight excluding hydrogens is 402 g/mol. The van der Waals surface area contributed by atoms with Crippen LogP contribution < -0.4 is 10.6 Å². The molecule has 0 radical (unpaired) electrons. The fraction of sp³-hybridized carbons (Fsp3) is 0.318. The number of carbonyl (C=O) groups excluding carboxylic acids is 3. The first-order valence-corrected chi connectivity index (χ1v) is 9.73. The Morgan fingerprint density at radius 1 is 0.935 bits per heavy atom. The summed E-state index contributed by atoms with van der Waals surface area (Å²) in [6.45, 7) is 4.90. The van der Waals surface area contributed by atoms with Crippen molar-refractivity contribution >= 4 is 34.8 Å². The number of esters is 1. The van der Waals surface area contributed by atoms with E-state index in [0.29, 0.717) is 5.56 Å². The summed E-state index contributed by atoms with van der Waals surface area (Å²) in [6, 6.07) is 10.0. The van der Waals surface area contributed by atoms with E-state index in [-0.39, 0.29) is 36.5 Å². The van der Waals surface area contributed by atoms with Crippen molar-refractivity contribution in [3.63, 3.8) is 0 Å². The van der Waals surface area contributed by atoms with E-state index >= 15 is 0 Å². The summed E-state index contributed by atoms with van der Waals surface area (Å²) in [4.78, 5) is 46.2. The van der Waals surface area contributed by atoms with Gasteiger partial charge >= 0.3 is 5.97 Å². The smallest absolute Gasteiger partial charge is 0.306 e. The van der Waals surface area contributed by atoms with Crippen molar-refractivity contribution in [3.05, 3.63) is 63.2 Å². The van der Waals surface area contributed by atoms with E-state index in [9.17, 15) is 24.5 Å². The Kier molecular flexibility index (Phi) is 8.25. The zero-order valence-corrected chi connectivity index (χ0v) is 17.7. The van der Waals surface area contributed by atoms with Crippen molar-refractivity contribution in [3.8, 4) is 0 Å². The van der Waals surface area contributed by atoms with Gasteiger partial charge in [-0.15, -0.1) is 0 Å². The SMILES string of the molecule is Cc1ccc(C)c(NC(=O)CCCC(=O)OCC(=O)Nc2ccc(C)c([N+](=O)[O-])c2)c1. The van der Waals surface area contributed by atoms with Gasteiger partial charge in [0, 0.05) is 35.8 Å². The minimum Gasteiger partial charge on any atom is -0.456 e. The summed E-state index contributed by atoms with van der Waals surface area (Å²) in [6.07, 6.45) is 0.409. The second-order valence-electron chi connectivity index (χ2n) is 7.19. The van der Waals surface area contributed by atoms with Gasteiger partial charge in [0.05, 0.1) is 4.92 Å². The molecule has 0 spiro atoms. The summed E-state index contributed by atoms with van der Waals surface area (Å²) < 4.78 is 4.90. The van der Waals surface area contributed by atoms with Crippen LogP contribution in [0.4, 0.5) is 17.1 Å². The van der Waals surface area contributed by atoms with Crippen LogP contribution in [0.2, 0.25) is 0 Å². The van der Waals surface area contributed by atoms with Gasteiger partial charge < -0.3 is 15.4 Å². The molecule has 0 saturated heterocycles. The van der Waals surface area contributed by atoms with Crippen LogP contribution in [-0.4, -0.2) is 29.3 Å². The van der Waals surface area contributed by atoms with Gasteiger partial charge in [-0.25, -0.2) is 0 Å². The van der Waals surface area contributed by atoms with E-state index in [1.165, 1.54) is 18.2 Å². The molecule has 31 heavy (non-hydrogen) atoms. The van der Waals surface area contributed by atoms with Gasteiger partial charge in [-0.3, -0.25) is 24.5 Å². The number of nitrogens with zero attached hydrogens (tertiary/aromatic N) is 1. The molecule has 0 saturated carbocycles. The molecule has 2 N–H and O–H groups in total. The van der Waals surface area contributed by atoms with E-state index < -0.39 is 23.4 Å². The van der Waals surface area contributed by atoms with Crippen LogP contribution in [0.5, 0.6) is 0 Å². The number of rotatable bonds is 9. The molecule has 164 valence electrons. The minimum absolute atomic E-state index is 0.0104. The molecule has 2 rings (SSSR count). The molecule has 0 aromatic heterocycles. The van der Waals surface area contributed by atoms with Crippen LogP contribution in [0.1, 0.15) is 36.0 Å². The summed E-state index contributed by atoms with van der Waals surface area (Å²) in [5.41, 5.74) is 3.30. The van der Waals surface area contributed by atoms with Crippen LogP contribution in [0.3, 0.4) is 0 Å². The van der Waals surface area contributed by atoms with Gasteiger partial charge in [0.15, 0.2) is 6.61 Å². The molecule has 2 aromatic carbocycles. The maximum atomic E-state index is 12.1. The first-order chi connectivity index (χ1) is 14.7. The number of aryl methyl sites for hydroxylation is 3. The first-order valence-electron chi connectivity index (χ1n) is 9.73.